The molecule has 0 amide bonds. The molecule has 1 heterocycles. The van der Waals surface area contributed by atoms with Crippen LogP contribution in [0.2, 0.25) is 0 Å². The lowest BCUT2D eigenvalue weighted by Gasteiger charge is -1.94. The molecular formula is C12H12N4. The zero-order valence-electron chi connectivity index (χ0n) is 8.87. The molecule has 0 fully saturated rings. The van der Waals surface area contributed by atoms with E-state index in [1.807, 2.05) is 30.3 Å². The second-order valence-electron chi connectivity index (χ2n) is 3.38. The smallest absolute Gasteiger partial charge is 0.164 e. The van der Waals surface area contributed by atoms with Crippen molar-refractivity contribution in [2.75, 3.05) is 0 Å². The van der Waals surface area contributed by atoms with Crippen LogP contribution in [-0.2, 0) is 6.54 Å². The molecule has 4 nitrogen and oxygen atoms in total. The maximum atomic E-state index is 5.17. The summed E-state index contributed by atoms with van der Waals surface area (Å²) in [6.45, 7) is 0.712. The maximum absolute atomic E-state index is 5.17. The lowest BCUT2D eigenvalue weighted by atomic mass is 10.2. The number of aryl methyl sites for hydroxylation is 1. The van der Waals surface area contributed by atoms with Crippen LogP contribution in [-0.4, -0.2) is 20.2 Å². The Morgan fingerprint density at radius 1 is 1.25 bits per heavy atom. The van der Waals surface area contributed by atoms with Gasteiger partial charge in [0.05, 0.1) is 6.54 Å². The summed E-state index contributed by atoms with van der Waals surface area (Å²) in [7, 11) is 0. The van der Waals surface area contributed by atoms with Crippen LogP contribution in [0.5, 0.6) is 0 Å². The molecule has 0 aliphatic heterocycles. The highest BCUT2D eigenvalue weighted by Crippen LogP contribution is 2.11. The van der Waals surface area contributed by atoms with Crippen molar-refractivity contribution in [3.05, 3.63) is 30.3 Å². The first-order chi connectivity index (χ1) is 7.90. The number of tetrazole rings is 1. The monoisotopic (exact) mass is 212 g/mol. The second-order valence-corrected chi connectivity index (χ2v) is 3.38. The van der Waals surface area contributed by atoms with Gasteiger partial charge in [-0.3, -0.25) is 0 Å². The number of aromatic nitrogens is 4. The van der Waals surface area contributed by atoms with Gasteiger partial charge in [-0.1, -0.05) is 30.3 Å². The molecule has 0 saturated heterocycles. The van der Waals surface area contributed by atoms with E-state index in [2.05, 4.69) is 21.3 Å². The molecule has 0 bridgehead atoms. The minimum Gasteiger partial charge on any atom is -0.164 e. The predicted molar refractivity (Wildman–Crippen MR) is 61.3 cm³/mol. The van der Waals surface area contributed by atoms with Gasteiger partial charge in [-0.25, -0.2) is 0 Å². The topological polar surface area (TPSA) is 43.6 Å². The number of terminal acetylenes is 1. The van der Waals surface area contributed by atoms with Crippen molar-refractivity contribution in [2.45, 2.75) is 19.4 Å². The van der Waals surface area contributed by atoms with Crippen LogP contribution >= 0.6 is 0 Å². The summed E-state index contributed by atoms with van der Waals surface area (Å²) >= 11 is 0. The summed E-state index contributed by atoms with van der Waals surface area (Å²) in [4.78, 5) is 1.58. The number of unbranched alkanes of at least 4 members (excludes halogenated alkanes) is 1. The first-order valence-electron chi connectivity index (χ1n) is 5.17. The minimum absolute atomic E-state index is 0.654. The van der Waals surface area contributed by atoms with Gasteiger partial charge >= 0.3 is 0 Å². The number of benzene rings is 1. The number of nitrogens with zero attached hydrogens (tertiary/aromatic N) is 4. The Morgan fingerprint density at radius 2 is 2.06 bits per heavy atom. The lowest BCUT2D eigenvalue weighted by molar-refractivity contribution is 0.505. The third kappa shape index (κ3) is 2.45. The molecule has 0 radical (unpaired) electrons. The molecule has 0 atom stereocenters. The highest BCUT2D eigenvalue weighted by molar-refractivity contribution is 5.52. The van der Waals surface area contributed by atoms with Crippen molar-refractivity contribution in [3.8, 4) is 23.7 Å². The fraction of sp³-hybridized carbons (Fsp3) is 0.250. The largest absolute Gasteiger partial charge is 0.204 e. The first kappa shape index (κ1) is 10.4. The van der Waals surface area contributed by atoms with E-state index >= 15 is 0 Å². The van der Waals surface area contributed by atoms with Gasteiger partial charge in [-0.05, 0) is 11.6 Å². The third-order valence-electron chi connectivity index (χ3n) is 2.16. The van der Waals surface area contributed by atoms with Crippen LogP contribution < -0.4 is 0 Å². The SMILES string of the molecule is C#CCCCn1nnc(-c2ccccc2)n1. The highest BCUT2D eigenvalue weighted by Gasteiger charge is 2.03. The van der Waals surface area contributed by atoms with E-state index in [1.165, 1.54) is 0 Å². The van der Waals surface area contributed by atoms with Gasteiger partial charge in [-0.15, -0.1) is 22.5 Å². The Morgan fingerprint density at radius 3 is 2.81 bits per heavy atom. The summed E-state index contributed by atoms with van der Waals surface area (Å²) in [5, 5.41) is 12.2. The molecule has 0 N–H and O–H groups in total. The average molecular weight is 212 g/mol. The summed E-state index contributed by atoms with van der Waals surface area (Å²) in [5.74, 6) is 3.24. The van der Waals surface area contributed by atoms with Crippen molar-refractivity contribution in [1.82, 2.24) is 20.2 Å². The normalized spacial score (nSPS) is 9.94. The van der Waals surface area contributed by atoms with Gasteiger partial charge in [0.25, 0.3) is 0 Å². The Balaban J connectivity index is 2.06. The maximum Gasteiger partial charge on any atom is 0.204 e. The van der Waals surface area contributed by atoms with Crippen LogP contribution in [0.15, 0.2) is 30.3 Å². The van der Waals surface area contributed by atoms with Gasteiger partial charge < -0.3 is 0 Å². The molecular weight excluding hydrogens is 200 g/mol. The lowest BCUT2D eigenvalue weighted by Crippen LogP contribution is -2.02. The quantitative estimate of drug-likeness (QED) is 0.573. The van der Waals surface area contributed by atoms with E-state index in [0.717, 1.165) is 18.4 Å². The Hall–Kier alpha value is -2.15. The van der Waals surface area contributed by atoms with Crippen LogP contribution in [0, 0.1) is 12.3 Å². The predicted octanol–water partition coefficient (Wildman–Crippen LogP) is 1.75. The highest BCUT2D eigenvalue weighted by atomic mass is 15.6. The molecule has 0 spiro atoms. The zero-order valence-corrected chi connectivity index (χ0v) is 8.87. The van der Waals surface area contributed by atoms with E-state index in [0.29, 0.717) is 12.4 Å². The molecule has 16 heavy (non-hydrogen) atoms. The van der Waals surface area contributed by atoms with Crippen molar-refractivity contribution in [3.63, 3.8) is 0 Å². The molecule has 2 rings (SSSR count). The number of hydrogen-bond acceptors (Lipinski definition) is 3. The third-order valence-corrected chi connectivity index (χ3v) is 2.16. The van der Waals surface area contributed by atoms with Gasteiger partial charge in [0.1, 0.15) is 0 Å². The minimum atomic E-state index is 0.654. The summed E-state index contributed by atoms with van der Waals surface area (Å²) in [6.07, 6.45) is 6.79. The molecule has 1 aromatic heterocycles. The van der Waals surface area contributed by atoms with E-state index in [9.17, 15) is 0 Å². The van der Waals surface area contributed by atoms with Gasteiger partial charge in [0.2, 0.25) is 5.82 Å². The molecule has 1 aromatic carbocycles. The first-order valence-corrected chi connectivity index (χ1v) is 5.17. The van der Waals surface area contributed by atoms with Crippen LogP contribution in [0.4, 0.5) is 0 Å². The van der Waals surface area contributed by atoms with E-state index < -0.39 is 0 Å². The molecule has 0 aliphatic carbocycles. The molecule has 0 aliphatic rings. The van der Waals surface area contributed by atoms with E-state index in [-0.39, 0.29) is 0 Å². The Labute approximate surface area is 94.3 Å². The molecule has 4 heteroatoms. The fourth-order valence-electron chi connectivity index (χ4n) is 1.36. The Bertz CT molecular complexity index is 481. The van der Waals surface area contributed by atoms with Crippen molar-refractivity contribution in [1.29, 1.82) is 0 Å². The fourth-order valence-corrected chi connectivity index (χ4v) is 1.36. The van der Waals surface area contributed by atoms with E-state index in [1.54, 1.807) is 4.80 Å². The zero-order chi connectivity index (χ0) is 11.2. The Kier molecular flexibility index (Phi) is 3.29. The summed E-state index contributed by atoms with van der Waals surface area (Å²) in [6, 6.07) is 9.79. The summed E-state index contributed by atoms with van der Waals surface area (Å²) < 4.78 is 0. The standard InChI is InChI=1S/C12H12N4/c1-2-3-7-10-16-14-12(13-15-16)11-8-5-4-6-9-11/h1,4-6,8-9H,3,7,10H2. The summed E-state index contributed by atoms with van der Waals surface area (Å²) in [5.41, 5.74) is 0.977. The molecule has 80 valence electrons. The van der Waals surface area contributed by atoms with Crippen LogP contribution in [0.3, 0.4) is 0 Å². The van der Waals surface area contributed by atoms with Gasteiger partial charge in [0.15, 0.2) is 0 Å². The second kappa shape index (κ2) is 5.08. The molecule has 0 unspecified atom stereocenters. The van der Waals surface area contributed by atoms with Crippen molar-refractivity contribution >= 4 is 0 Å². The number of rotatable bonds is 4. The van der Waals surface area contributed by atoms with Crippen molar-refractivity contribution < 1.29 is 0 Å². The van der Waals surface area contributed by atoms with Gasteiger partial charge in [-0.2, -0.15) is 4.80 Å². The molecule has 0 saturated carbocycles. The van der Waals surface area contributed by atoms with E-state index in [4.69, 9.17) is 6.42 Å². The molecule has 2 aromatic rings. The van der Waals surface area contributed by atoms with Gasteiger partial charge in [0, 0.05) is 12.0 Å². The van der Waals surface area contributed by atoms with Crippen LogP contribution in [0.25, 0.3) is 11.4 Å². The average Bonchev–Trinajstić information content (AvgIpc) is 2.79. The number of hydrogen-bond donors (Lipinski definition) is 0. The van der Waals surface area contributed by atoms with Crippen molar-refractivity contribution in [2.24, 2.45) is 0 Å². The van der Waals surface area contributed by atoms with Crippen LogP contribution in [0.1, 0.15) is 12.8 Å².